The van der Waals surface area contributed by atoms with Gasteiger partial charge in [0.1, 0.15) is 0 Å². The first-order valence-corrected chi connectivity index (χ1v) is 7.59. The number of fused-ring (bicyclic) bond motifs is 1. The summed E-state index contributed by atoms with van der Waals surface area (Å²) < 4.78 is 5.51. The maximum absolute atomic E-state index is 5.51. The molecule has 0 spiro atoms. The van der Waals surface area contributed by atoms with Crippen LogP contribution in [0.4, 0.5) is 0 Å². The highest BCUT2D eigenvalue weighted by molar-refractivity contribution is 5.36. The summed E-state index contributed by atoms with van der Waals surface area (Å²) in [6.07, 6.45) is 1.01. The highest BCUT2D eigenvalue weighted by Gasteiger charge is 2.16. The minimum Gasteiger partial charge on any atom is -0.372 e. The van der Waals surface area contributed by atoms with Gasteiger partial charge in [0.2, 0.25) is 0 Å². The van der Waals surface area contributed by atoms with Gasteiger partial charge in [-0.25, -0.2) is 0 Å². The van der Waals surface area contributed by atoms with Crippen molar-refractivity contribution < 1.29 is 4.74 Å². The molecule has 1 aliphatic rings. The van der Waals surface area contributed by atoms with E-state index in [1.807, 2.05) is 7.05 Å². The Bertz CT molecular complexity index is 628. The van der Waals surface area contributed by atoms with Crippen molar-refractivity contribution in [2.45, 2.75) is 39.5 Å². The average molecular weight is 281 g/mol. The number of nitrogens with one attached hydrogen (secondary N) is 1. The molecule has 3 rings (SSSR count). The molecule has 2 aromatic carbocycles. The number of likely N-dealkylation sites (N-methyl/N-ethyl adjacent to an activating group) is 1. The fourth-order valence-electron chi connectivity index (χ4n) is 3.22. The normalized spacial score (nSPS) is 15.0. The molecular weight excluding hydrogens is 258 g/mol. The van der Waals surface area contributed by atoms with Crippen LogP contribution in [-0.4, -0.2) is 7.05 Å². The molecule has 2 nitrogen and oxygen atoms in total. The van der Waals surface area contributed by atoms with Gasteiger partial charge in [0.15, 0.2) is 0 Å². The van der Waals surface area contributed by atoms with Crippen molar-refractivity contribution in [3.63, 3.8) is 0 Å². The average Bonchev–Trinajstić information content (AvgIpc) is 2.91. The fraction of sp³-hybridized carbons (Fsp3) is 0.368. The molecule has 1 N–H and O–H groups in total. The molecule has 0 amide bonds. The smallest absolute Gasteiger partial charge is 0.0725 e. The Labute approximate surface area is 127 Å². The lowest BCUT2D eigenvalue weighted by Crippen LogP contribution is -2.19. The lowest BCUT2D eigenvalue weighted by atomic mass is 9.94. The zero-order valence-electron chi connectivity index (χ0n) is 13.1. The fourth-order valence-corrected chi connectivity index (χ4v) is 3.22. The molecule has 2 aromatic rings. The summed E-state index contributed by atoms with van der Waals surface area (Å²) in [5.41, 5.74) is 8.09. The lowest BCUT2D eigenvalue weighted by molar-refractivity contribution is 0.134. The van der Waals surface area contributed by atoms with E-state index in [4.69, 9.17) is 4.74 Å². The Hall–Kier alpha value is -1.64. The minimum atomic E-state index is 0.345. The zero-order chi connectivity index (χ0) is 14.8. The predicted molar refractivity (Wildman–Crippen MR) is 86.4 cm³/mol. The van der Waals surface area contributed by atoms with Gasteiger partial charge in [-0.05, 0) is 49.6 Å². The van der Waals surface area contributed by atoms with Gasteiger partial charge in [-0.3, -0.25) is 0 Å². The Kier molecular flexibility index (Phi) is 4.09. The van der Waals surface area contributed by atoms with Gasteiger partial charge >= 0.3 is 0 Å². The number of benzene rings is 2. The first-order chi connectivity index (χ1) is 10.2. The van der Waals surface area contributed by atoms with Gasteiger partial charge in [0, 0.05) is 6.04 Å². The minimum absolute atomic E-state index is 0.345. The molecule has 1 atom stereocenters. The van der Waals surface area contributed by atoms with Crippen molar-refractivity contribution in [1.29, 1.82) is 0 Å². The third-order valence-corrected chi connectivity index (χ3v) is 4.22. The molecule has 1 aliphatic heterocycles. The lowest BCUT2D eigenvalue weighted by Gasteiger charge is -2.18. The van der Waals surface area contributed by atoms with Gasteiger partial charge in [-0.2, -0.15) is 0 Å². The second-order valence-electron chi connectivity index (χ2n) is 6.06. The second-order valence-corrected chi connectivity index (χ2v) is 6.06. The highest BCUT2D eigenvalue weighted by atomic mass is 16.5. The molecule has 1 heterocycles. The van der Waals surface area contributed by atoms with Crippen molar-refractivity contribution in [3.05, 3.63) is 69.8 Å². The molecule has 1 unspecified atom stereocenters. The monoisotopic (exact) mass is 281 g/mol. The van der Waals surface area contributed by atoms with Crippen LogP contribution in [0.2, 0.25) is 0 Å². The summed E-state index contributed by atoms with van der Waals surface area (Å²) in [4.78, 5) is 0. The van der Waals surface area contributed by atoms with Crippen LogP contribution < -0.4 is 5.32 Å². The number of ether oxygens (including phenoxy) is 1. The van der Waals surface area contributed by atoms with Crippen molar-refractivity contribution in [3.8, 4) is 0 Å². The van der Waals surface area contributed by atoms with E-state index in [1.165, 1.54) is 33.4 Å². The van der Waals surface area contributed by atoms with Gasteiger partial charge in [-0.15, -0.1) is 0 Å². The van der Waals surface area contributed by atoms with Crippen molar-refractivity contribution in [2.75, 3.05) is 7.05 Å². The van der Waals surface area contributed by atoms with Crippen LogP contribution in [0.1, 0.15) is 39.4 Å². The van der Waals surface area contributed by atoms with Crippen molar-refractivity contribution in [2.24, 2.45) is 0 Å². The summed E-state index contributed by atoms with van der Waals surface area (Å²) in [5.74, 6) is 0. The standard InChI is InChI=1S/C19H23NO/c1-13-6-14(2)8-15(7-13)9-19(20-3)16-4-5-17-11-21-12-18(17)10-16/h4-8,10,19-20H,9,11-12H2,1-3H3. The maximum Gasteiger partial charge on any atom is 0.0725 e. The van der Waals surface area contributed by atoms with E-state index in [9.17, 15) is 0 Å². The molecule has 2 heteroatoms. The van der Waals surface area contributed by atoms with E-state index in [-0.39, 0.29) is 0 Å². The van der Waals surface area contributed by atoms with Crippen molar-refractivity contribution >= 4 is 0 Å². The van der Waals surface area contributed by atoms with Crippen LogP contribution >= 0.6 is 0 Å². The number of rotatable bonds is 4. The summed E-state index contributed by atoms with van der Waals surface area (Å²) in [6, 6.07) is 13.9. The number of hydrogen-bond donors (Lipinski definition) is 1. The molecular formula is C19H23NO. The van der Waals surface area contributed by atoms with E-state index >= 15 is 0 Å². The molecule has 0 saturated heterocycles. The molecule has 0 aliphatic carbocycles. The van der Waals surface area contributed by atoms with Gasteiger partial charge in [0.05, 0.1) is 13.2 Å². The number of aryl methyl sites for hydroxylation is 2. The largest absolute Gasteiger partial charge is 0.372 e. The Morgan fingerprint density at radius 3 is 2.43 bits per heavy atom. The van der Waals surface area contributed by atoms with E-state index in [0.717, 1.165) is 19.6 Å². The summed E-state index contributed by atoms with van der Waals surface area (Å²) in [7, 11) is 2.04. The molecule has 0 bridgehead atoms. The quantitative estimate of drug-likeness (QED) is 0.919. The third-order valence-electron chi connectivity index (χ3n) is 4.22. The van der Waals surface area contributed by atoms with Gasteiger partial charge < -0.3 is 10.1 Å². The predicted octanol–water partition coefficient (Wildman–Crippen LogP) is 3.84. The second kappa shape index (κ2) is 6.00. The molecule has 0 aromatic heterocycles. The summed E-state index contributed by atoms with van der Waals surface area (Å²) in [6.45, 7) is 5.84. The maximum atomic E-state index is 5.51. The van der Waals surface area contributed by atoms with Crippen LogP contribution in [0.25, 0.3) is 0 Å². The Morgan fingerprint density at radius 2 is 1.71 bits per heavy atom. The van der Waals surface area contributed by atoms with Gasteiger partial charge in [-0.1, -0.05) is 47.5 Å². The van der Waals surface area contributed by atoms with Gasteiger partial charge in [0.25, 0.3) is 0 Å². The van der Waals surface area contributed by atoms with E-state index in [1.54, 1.807) is 0 Å². The van der Waals surface area contributed by atoms with Crippen LogP contribution in [-0.2, 0) is 24.4 Å². The van der Waals surface area contributed by atoms with E-state index in [2.05, 4.69) is 55.6 Å². The molecule has 0 saturated carbocycles. The first-order valence-electron chi connectivity index (χ1n) is 7.59. The molecule has 0 radical (unpaired) electrons. The summed E-state index contributed by atoms with van der Waals surface area (Å²) >= 11 is 0. The Balaban J connectivity index is 1.84. The summed E-state index contributed by atoms with van der Waals surface area (Å²) in [5, 5.41) is 3.46. The molecule has 0 fully saturated rings. The zero-order valence-corrected chi connectivity index (χ0v) is 13.1. The van der Waals surface area contributed by atoms with Crippen LogP contribution in [0.15, 0.2) is 36.4 Å². The van der Waals surface area contributed by atoms with Crippen molar-refractivity contribution in [1.82, 2.24) is 5.32 Å². The number of hydrogen-bond acceptors (Lipinski definition) is 2. The Morgan fingerprint density at radius 1 is 1.00 bits per heavy atom. The van der Waals surface area contributed by atoms with Crippen LogP contribution in [0, 0.1) is 13.8 Å². The van der Waals surface area contributed by atoms with E-state index in [0.29, 0.717) is 6.04 Å². The topological polar surface area (TPSA) is 21.3 Å². The van der Waals surface area contributed by atoms with Crippen LogP contribution in [0.3, 0.4) is 0 Å². The molecule has 21 heavy (non-hydrogen) atoms. The molecule has 110 valence electrons. The SMILES string of the molecule is CNC(Cc1cc(C)cc(C)c1)c1ccc2c(c1)COC2. The third kappa shape index (κ3) is 3.17. The van der Waals surface area contributed by atoms with Crippen LogP contribution in [0.5, 0.6) is 0 Å². The highest BCUT2D eigenvalue weighted by Crippen LogP contribution is 2.26. The first kappa shape index (κ1) is 14.3. The van der Waals surface area contributed by atoms with E-state index < -0.39 is 0 Å².